The van der Waals surface area contributed by atoms with Gasteiger partial charge in [-0.15, -0.1) is 5.10 Å². The fourth-order valence-corrected chi connectivity index (χ4v) is 1.81. The summed E-state index contributed by atoms with van der Waals surface area (Å²) >= 11 is 0. The Morgan fingerprint density at radius 2 is 2.11 bits per heavy atom. The zero-order valence-corrected chi connectivity index (χ0v) is 9.70. The van der Waals surface area contributed by atoms with Gasteiger partial charge in [0.05, 0.1) is 11.1 Å². The lowest BCUT2D eigenvalue weighted by Crippen LogP contribution is -2.01. The maximum Gasteiger partial charge on any atom is 0.156 e. The minimum atomic E-state index is 0.572. The summed E-state index contributed by atoms with van der Waals surface area (Å²) in [5, 5.41) is 17.0. The van der Waals surface area contributed by atoms with Gasteiger partial charge < -0.3 is 0 Å². The average molecular weight is 235 g/mol. The molecular weight excluding hydrogens is 226 g/mol. The van der Waals surface area contributed by atoms with E-state index in [1.165, 1.54) is 0 Å². The van der Waals surface area contributed by atoms with Crippen LogP contribution in [0.3, 0.4) is 0 Å². The smallest absolute Gasteiger partial charge is 0.156 e. The van der Waals surface area contributed by atoms with E-state index in [0.717, 1.165) is 16.6 Å². The fraction of sp³-hybridized carbons (Fsp3) is 0.0769. The largest absolute Gasteiger partial charge is 0.236 e. The van der Waals surface area contributed by atoms with Crippen molar-refractivity contribution in [3.8, 4) is 11.9 Å². The summed E-state index contributed by atoms with van der Waals surface area (Å²) < 4.78 is 1.67. The lowest BCUT2D eigenvalue weighted by atomic mass is 10.2. The van der Waals surface area contributed by atoms with Gasteiger partial charge in [0.2, 0.25) is 0 Å². The zero-order valence-electron chi connectivity index (χ0n) is 9.70. The van der Waals surface area contributed by atoms with Crippen LogP contribution in [-0.4, -0.2) is 20.0 Å². The van der Waals surface area contributed by atoms with Crippen molar-refractivity contribution >= 4 is 11.0 Å². The Hall–Kier alpha value is -2.74. The van der Waals surface area contributed by atoms with Crippen LogP contribution in [-0.2, 0) is 0 Å². The minimum absolute atomic E-state index is 0.572. The number of fused-ring (bicyclic) bond motifs is 1. The highest BCUT2D eigenvalue weighted by Crippen LogP contribution is 2.16. The summed E-state index contributed by atoms with van der Waals surface area (Å²) in [6, 6.07) is 11.6. The Labute approximate surface area is 103 Å². The van der Waals surface area contributed by atoms with Crippen LogP contribution < -0.4 is 0 Å². The first-order chi connectivity index (χ1) is 8.79. The summed E-state index contributed by atoms with van der Waals surface area (Å²) in [5.41, 5.74) is 3.17. The molecule has 18 heavy (non-hydrogen) atoms. The first kappa shape index (κ1) is 10.4. The molecule has 1 aromatic carbocycles. The molecule has 0 aliphatic rings. The highest BCUT2D eigenvalue weighted by molar-refractivity contribution is 5.75. The molecule has 0 radical (unpaired) electrons. The van der Waals surface area contributed by atoms with Crippen LogP contribution in [0.2, 0.25) is 0 Å². The van der Waals surface area contributed by atoms with Gasteiger partial charge >= 0.3 is 0 Å². The molecule has 5 nitrogen and oxygen atoms in total. The average Bonchev–Trinajstić information content (AvgIpc) is 2.82. The molecule has 0 fully saturated rings. The number of hydrogen-bond donors (Lipinski definition) is 0. The number of nitriles is 1. The van der Waals surface area contributed by atoms with E-state index in [4.69, 9.17) is 5.26 Å². The number of hydrogen-bond acceptors (Lipinski definition) is 4. The lowest BCUT2D eigenvalue weighted by Gasteiger charge is -2.03. The van der Waals surface area contributed by atoms with Crippen molar-refractivity contribution in [2.45, 2.75) is 6.92 Å². The number of rotatable bonds is 1. The molecule has 0 N–H and O–H groups in total. The van der Waals surface area contributed by atoms with E-state index in [1.807, 2.05) is 37.3 Å². The van der Waals surface area contributed by atoms with Crippen LogP contribution in [0, 0.1) is 18.3 Å². The van der Waals surface area contributed by atoms with E-state index in [-0.39, 0.29) is 0 Å². The van der Waals surface area contributed by atoms with Gasteiger partial charge in [-0.25, -0.2) is 4.98 Å². The molecular formula is C13H9N5. The van der Waals surface area contributed by atoms with Crippen molar-refractivity contribution in [2.75, 3.05) is 0 Å². The predicted molar refractivity (Wildman–Crippen MR) is 66.1 cm³/mol. The van der Waals surface area contributed by atoms with Gasteiger partial charge in [0, 0.05) is 6.20 Å². The van der Waals surface area contributed by atoms with Crippen molar-refractivity contribution < 1.29 is 0 Å². The summed E-state index contributed by atoms with van der Waals surface area (Å²) in [4.78, 5) is 4.24. The van der Waals surface area contributed by atoms with E-state index in [0.29, 0.717) is 11.4 Å². The number of para-hydroxylation sites is 1. The molecule has 0 aliphatic carbocycles. The van der Waals surface area contributed by atoms with Crippen molar-refractivity contribution in [3.63, 3.8) is 0 Å². The molecule has 3 aromatic rings. The molecule has 5 heteroatoms. The topological polar surface area (TPSA) is 67.4 Å². The number of pyridine rings is 1. The van der Waals surface area contributed by atoms with Gasteiger partial charge in [0.25, 0.3) is 0 Å². The van der Waals surface area contributed by atoms with Crippen LogP contribution >= 0.6 is 0 Å². The van der Waals surface area contributed by atoms with Gasteiger partial charge in [-0.2, -0.15) is 9.94 Å². The van der Waals surface area contributed by atoms with Crippen LogP contribution in [0.15, 0.2) is 36.5 Å². The van der Waals surface area contributed by atoms with Gasteiger partial charge in [-0.05, 0) is 30.7 Å². The van der Waals surface area contributed by atoms with Crippen molar-refractivity contribution in [1.82, 2.24) is 20.0 Å². The van der Waals surface area contributed by atoms with Crippen LogP contribution in [0.4, 0.5) is 0 Å². The molecule has 86 valence electrons. The van der Waals surface area contributed by atoms with Crippen molar-refractivity contribution in [2.24, 2.45) is 0 Å². The van der Waals surface area contributed by atoms with Crippen LogP contribution in [0.1, 0.15) is 11.1 Å². The Morgan fingerprint density at radius 3 is 2.89 bits per heavy atom. The first-order valence-corrected chi connectivity index (χ1v) is 5.47. The second-order valence-electron chi connectivity index (χ2n) is 3.96. The Kier molecular flexibility index (Phi) is 2.27. The molecule has 2 heterocycles. The van der Waals surface area contributed by atoms with Gasteiger partial charge in [-0.1, -0.05) is 17.3 Å². The number of aryl methyl sites for hydroxylation is 1. The van der Waals surface area contributed by atoms with Crippen molar-refractivity contribution in [1.29, 1.82) is 5.26 Å². The second-order valence-corrected chi connectivity index (χ2v) is 3.96. The molecule has 0 atom stereocenters. The van der Waals surface area contributed by atoms with E-state index in [9.17, 15) is 0 Å². The first-order valence-electron chi connectivity index (χ1n) is 5.47. The Bertz CT molecular complexity index is 766. The second kappa shape index (κ2) is 3.93. The summed E-state index contributed by atoms with van der Waals surface area (Å²) in [7, 11) is 0. The number of aromatic nitrogens is 4. The standard InChI is InChI=1S/C13H9N5/c1-9-6-13(15-8-10(9)7-14)18-12-5-3-2-4-11(12)16-17-18/h2-6,8H,1H3. The normalized spacial score (nSPS) is 10.4. The molecule has 0 saturated carbocycles. The third-order valence-corrected chi connectivity index (χ3v) is 2.79. The lowest BCUT2D eigenvalue weighted by molar-refractivity contribution is 0.800. The summed E-state index contributed by atoms with van der Waals surface area (Å²) in [5.74, 6) is 0.667. The quantitative estimate of drug-likeness (QED) is 0.647. The maximum absolute atomic E-state index is 8.89. The highest BCUT2D eigenvalue weighted by atomic mass is 15.4. The third kappa shape index (κ3) is 1.52. The Balaban J connectivity index is 2.21. The molecule has 0 unspecified atom stereocenters. The molecule has 0 bridgehead atoms. The zero-order chi connectivity index (χ0) is 12.5. The van der Waals surface area contributed by atoms with Crippen molar-refractivity contribution in [3.05, 3.63) is 47.7 Å². The van der Waals surface area contributed by atoms with E-state index >= 15 is 0 Å². The molecule has 0 amide bonds. The maximum atomic E-state index is 8.89. The van der Waals surface area contributed by atoms with E-state index in [2.05, 4.69) is 21.4 Å². The van der Waals surface area contributed by atoms with E-state index < -0.39 is 0 Å². The molecule has 3 rings (SSSR count). The van der Waals surface area contributed by atoms with Gasteiger partial charge in [0.1, 0.15) is 11.6 Å². The predicted octanol–water partition coefficient (Wildman–Crippen LogP) is 2.00. The molecule has 0 aliphatic heterocycles. The van der Waals surface area contributed by atoms with Crippen LogP contribution in [0.25, 0.3) is 16.9 Å². The molecule has 0 spiro atoms. The molecule has 0 saturated heterocycles. The third-order valence-electron chi connectivity index (χ3n) is 2.79. The minimum Gasteiger partial charge on any atom is -0.236 e. The number of benzene rings is 1. The van der Waals surface area contributed by atoms with Crippen LogP contribution in [0.5, 0.6) is 0 Å². The van der Waals surface area contributed by atoms with E-state index in [1.54, 1.807) is 10.9 Å². The highest BCUT2D eigenvalue weighted by Gasteiger charge is 2.08. The Morgan fingerprint density at radius 1 is 1.28 bits per heavy atom. The van der Waals surface area contributed by atoms with Gasteiger partial charge in [0.15, 0.2) is 5.82 Å². The fourth-order valence-electron chi connectivity index (χ4n) is 1.81. The summed E-state index contributed by atoms with van der Waals surface area (Å²) in [6.07, 6.45) is 1.56. The SMILES string of the molecule is Cc1cc(-n2nnc3ccccc32)ncc1C#N. The van der Waals surface area contributed by atoms with Gasteiger partial charge in [-0.3, -0.25) is 0 Å². The summed E-state index contributed by atoms with van der Waals surface area (Å²) in [6.45, 7) is 1.88. The monoisotopic (exact) mass is 235 g/mol. The molecule has 2 aromatic heterocycles. The number of nitrogens with zero attached hydrogens (tertiary/aromatic N) is 5.